The Morgan fingerprint density at radius 1 is 1.19 bits per heavy atom. The van der Waals surface area contributed by atoms with Gasteiger partial charge in [-0.1, -0.05) is 30.4 Å². The van der Waals surface area contributed by atoms with Crippen LogP contribution in [0.2, 0.25) is 0 Å². The minimum Gasteiger partial charge on any atom is -0.467 e. The van der Waals surface area contributed by atoms with E-state index in [1.54, 1.807) is 21.7 Å². The van der Waals surface area contributed by atoms with Gasteiger partial charge in [-0.2, -0.15) is 4.31 Å². The monoisotopic (exact) mass is 422 g/mol. The van der Waals surface area contributed by atoms with Gasteiger partial charge in [0.05, 0.1) is 10.2 Å². The molecule has 1 fully saturated rings. The zero-order chi connectivity index (χ0) is 19.0. The molecule has 5 nitrogen and oxygen atoms in total. The maximum absolute atomic E-state index is 12.8. The molecular weight excluding hydrogens is 400 g/mol. The third-order valence-corrected chi connectivity index (χ3v) is 9.36. The van der Waals surface area contributed by atoms with Crippen LogP contribution in [0.15, 0.2) is 34.5 Å². The number of benzene rings is 1. The standard InChI is InChI=1S/C19H22N2O3S3/c1-3-15-7-8-17(25-15)27(22,23)21-11-9-14(10-12-21)24-19-20-18-13(2)5-4-6-16(18)26-19/h4-8,14H,3,9-12H2,1-2H3. The maximum Gasteiger partial charge on any atom is 0.274 e. The Labute approximate surface area is 167 Å². The topological polar surface area (TPSA) is 59.5 Å². The van der Waals surface area contributed by atoms with Crippen LogP contribution in [0.5, 0.6) is 5.19 Å². The van der Waals surface area contributed by atoms with Gasteiger partial charge < -0.3 is 4.74 Å². The van der Waals surface area contributed by atoms with E-state index in [9.17, 15) is 8.42 Å². The number of fused-ring (bicyclic) bond motifs is 1. The van der Waals surface area contributed by atoms with Crippen LogP contribution in [0.3, 0.4) is 0 Å². The number of thiazole rings is 1. The van der Waals surface area contributed by atoms with E-state index in [-0.39, 0.29) is 6.10 Å². The summed E-state index contributed by atoms with van der Waals surface area (Å²) in [6.45, 7) is 5.05. The number of hydrogen-bond donors (Lipinski definition) is 0. The average molecular weight is 423 g/mol. The quantitative estimate of drug-likeness (QED) is 0.609. The number of piperidine rings is 1. The number of hydrogen-bond acceptors (Lipinski definition) is 6. The zero-order valence-corrected chi connectivity index (χ0v) is 17.8. The van der Waals surface area contributed by atoms with Gasteiger partial charge in [0.25, 0.3) is 15.2 Å². The third-order valence-electron chi connectivity index (χ3n) is 4.85. The van der Waals surface area contributed by atoms with Gasteiger partial charge in [-0.25, -0.2) is 13.4 Å². The minimum atomic E-state index is -3.39. The van der Waals surface area contributed by atoms with E-state index in [1.165, 1.54) is 11.3 Å². The van der Waals surface area contributed by atoms with Crippen molar-refractivity contribution in [1.29, 1.82) is 0 Å². The average Bonchev–Trinajstić information content (AvgIpc) is 3.30. The number of rotatable bonds is 5. The van der Waals surface area contributed by atoms with Crippen LogP contribution in [0, 0.1) is 6.92 Å². The molecule has 2 aromatic heterocycles. The second kappa shape index (κ2) is 7.50. The van der Waals surface area contributed by atoms with Crippen molar-refractivity contribution >= 4 is 42.9 Å². The number of ether oxygens (including phenoxy) is 1. The van der Waals surface area contributed by atoms with Gasteiger partial charge in [-0.05, 0) is 49.9 Å². The molecule has 3 aromatic rings. The van der Waals surface area contributed by atoms with E-state index in [0.29, 0.717) is 35.3 Å². The lowest BCUT2D eigenvalue weighted by molar-refractivity contribution is 0.135. The lowest BCUT2D eigenvalue weighted by Gasteiger charge is -2.30. The summed E-state index contributed by atoms with van der Waals surface area (Å²) in [7, 11) is -3.39. The number of aryl methyl sites for hydroxylation is 2. The molecule has 3 heterocycles. The summed E-state index contributed by atoms with van der Waals surface area (Å²) in [6.07, 6.45) is 2.23. The summed E-state index contributed by atoms with van der Waals surface area (Å²) >= 11 is 2.92. The second-order valence-electron chi connectivity index (χ2n) is 6.70. The predicted octanol–water partition coefficient (Wildman–Crippen LogP) is 4.46. The molecule has 0 atom stereocenters. The molecule has 1 aliphatic heterocycles. The first-order chi connectivity index (χ1) is 13.0. The molecule has 1 saturated heterocycles. The summed E-state index contributed by atoms with van der Waals surface area (Å²) in [5.74, 6) is 0. The number of nitrogens with zero attached hydrogens (tertiary/aromatic N) is 2. The highest BCUT2D eigenvalue weighted by molar-refractivity contribution is 7.91. The number of aromatic nitrogens is 1. The first-order valence-corrected chi connectivity index (χ1v) is 12.2. The molecule has 0 bridgehead atoms. The van der Waals surface area contributed by atoms with Crippen molar-refractivity contribution in [3.63, 3.8) is 0 Å². The van der Waals surface area contributed by atoms with E-state index in [1.807, 2.05) is 38.1 Å². The smallest absolute Gasteiger partial charge is 0.274 e. The fourth-order valence-corrected chi connectivity index (χ4v) is 7.14. The third kappa shape index (κ3) is 3.76. The minimum absolute atomic E-state index is 0.00635. The van der Waals surface area contributed by atoms with Crippen molar-refractivity contribution in [3.8, 4) is 5.19 Å². The second-order valence-corrected chi connectivity index (χ2v) is 11.0. The Morgan fingerprint density at radius 2 is 1.96 bits per heavy atom. The largest absolute Gasteiger partial charge is 0.467 e. The van der Waals surface area contributed by atoms with Crippen molar-refractivity contribution in [2.24, 2.45) is 0 Å². The van der Waals surface area contributed by atoms with Crippen LogP contribution < -0.4 is 4.74 Å². The van der Waals surface area contributed by atoms with Gasteiger partial charge in [0.15, 0.2) is 0 Å². The first-order valence-electron chi connectivity index (χ1n) is 9.09. The van der Waals surface area contributed by atoms with Crippen molar-refractivity contribution in [1.82, 2.24) is 9.29 Å². The lowest BCUT2D eigenvalue weighted by Crippen LogP contribution is -2.41. The predicted molar refractivity (Wildman–Crippen MR) is 110 cm³/mol. The Kier molecular flexibility index (Phi) is 5.24. The fraction of sp³-hybridized carbons (Fsp3) is 0.421. The fourth-order valence-electron chi connectivity index (χ4n) is 3.26. The number of sulfonamides is 1. The number of thiophene rings is 1. The Morgan fingerprint density at radius 3 is 2.63 bits per heavy atom. The lowest BCUT2D eigenvalue weighted by atomic mass is 10.1. The molecule has 8 heteroatoms. The highest BCUT2D eigenvalue weighted by Crippen LogP contribution is 2.32. The van der Waals surface area contributed by atoms with E-state index < -0.39 is 10.0 Å². The molecule has 0 N–H and O–H groups in total. The van der Waals surface area contributed by atoms with Crippen LogP contribution in [0.4, 0.5) is 0 Å². The first kappa shape index (κ1) is 18.9. The van der Waals surface area contributed by atoms with Gasteiger partial charge in [0.2, 0.25) is 0 Å². The van der Waals surface area contributed by atoms with E-state index in [4.69, 9.17) is 4.74 Å². The maximum atomic E-state index is 12.8. The summed E-state index contributed by atoms with van der Waals surface area (Å²) < 4.78 is 34.9. The molecule has 144 valence electrons. The molecule has 27 heavy (non-hydrogen) atoms. The van der Waals surface area contributed by atoms with E-state index in [0.717, 1.165) is 27.1 Å². The molecule has 0 radical (unpaired) electrons. The van der Waals surface area contributed by atoms with Gasteiger partial charge in [-0.15, -0.1) is 11.3 Å². The summed E-state index contributed by atoms with van der Waals surface area (Å²) in [5, 5.41) is 0.673. The van der Waals surface area contributed by atoms with Crippen LogP contribution in [0.25, 0.3) is 10.2 Å². The molecule has 0 spiro atoms. The van der Waals surface area contributed by atoms with Gasteiger partial charge >= 0.3 is 0 Å². The van der Waals surface area contributed by atoms with E-state index in [2.05, 4.69) is 4.98 Å². The SMILES string of the molecule is CCc1ccc(S(=O)(=O)N2CCC(Oc3nc4c(C)cccc4s3)CC2)s1. The molecule has 1 aromatic carbocycles. The molecular formula is C19H22N2O3S3. The van der Waals surface area contributed by atoms with Crippen molar-refractivity contribution in [2.45, 2.75) is 43.4 Å². The molecule has 4 rings (SSSR count). The van der Waals surface area contributed by atoms with Gasteiger partial charge in [0.1, 0.15) is 10.3 Å². The highest BCUT2D eigenvalue weighted by atomic mass is 32.2. The normalized spacial score (nSPS) is 16.8. The molecule has 1 aliphatic rings. The summed E-state index contributed by atoms with van der Waals surface area (Å²) in [4.78, 5) is 5.70. The molecule has 0 unspecified atom stereocenters. The van der Waals surface area contributed by atoms with Crippen LogP contribution >= 0.6 is 22.7 Å². The summed E-state index contributed by atoms with van der Waals surface area (Å²) in [5.41, 5.74) is 2.13. The Hall–Kier alpha value is -1.48. The van der Waals surface area contributed by atoms with Crippen LogP contribution in [-0.4, -0.2) is 36.9 Å². The number of para-hydroxylation sites is 1. The Bertz CT molecular complexity index is 1050. The van der Waals surface area contributed by atoms with Gasteiger partial charge in [-0.3, -0.25) is 0 Å². The van der Waals surface area contributed by atoms with Crippen LogP contribution in [0.1, 0.15) is 30.2 Å². The summed E-state index contributed by atoms with van der Waals surface area (Å²) in [6, 6.07) is 9.75. The molecule has 0 aliphatic carbocycles. The molecule has 0 saturated carbocycles. The Balaban J connectivity index is 1.41. The van der Waals surface area contributed by atoms with Crippen molar-refractivity contribution in [3.05, 3.63) is 40.8 Å². The van der Waals surface area contributed by atoms with E-state index >= 15 is 0 Å². The highest BCUT2D eigenvalue weighted by Gasteiger charge is 2.31. The molecule has 0 amide bonds. The zero-order valence-electron chi connectivity index (χ0n) is 15.3. The van der Waals surface area contributed by atoms with Crippen molar-refractivity contribution in [2.75, 3.05) is 13.1 Å². The van der Waals surface area contributed by atoms with Crippen LogP contribution in [-0.2, 0) is 16.4 Å². The van der Waals surface area contributed by atoms with Gasteiger partial charge in [0, 0.05) is 18.0 Å². The van der Waals surface area contributed by atoms with Crippen molar-refractivity contribution < 1.29 is 13.2 Å².